The number of carbonyl (C=O) groups excluding carboxylic acids is 1. The van der Waals surface area contributed by atoms with E-state index < -0.39 is 24.3 Å². The fourth-order valence-corrected chi connectivity index (χ4v) is 2.69. The van der Waals surface area contributed by atoms with Crippen LogP contribution in [-0.4, -0.2) is 28.6 Å². The molecule has 3 aromatic rings. The topological polar surface area (TPSA) is 56.1 Å². The molecule has 1 heterocycles. The fraction of sp³-hybridized carbons (Fsp3) is 0.263. The van der Waals surface area contributed by atoms with Crippen molar-refractivity contribution in [3.05, 3.63) is 60.4 Å². The summed E-state index contributed by atoms with van der Waals surface area (Å²) in [5, 5.41) is 2.64. The van der Waals surface area contributed by atoms with Crippen molar-refractivity contribution in [2.24, 2.45) is 0 Å². The van der Waals surface area contributed by atoms with Crippen molar-refractivity contribution >= 4 is 16.9 Å². The molecule has 3 rings (SSSR count). The van der Waals surface area contributed by atoms with Crippen LogP contribution in [0.1, 0.15) is 12.0 Å². The van der Waals surface area contributed by atoms with E-state index in [1.54, 1.807) is 6.33 Å². The summed E-state index contributed by atoms with van der Waals surface area (Å²) in [7, 11) is 0. The zero-order valence-electron chi connectivity index (χ0n) is 14.4. The minimum Gasteiger partial charge on any atom is -0.483 e. The molecule has 0 aliphatic rings. The lowest BCUT2D eigenvalue weighted by molar-refractivity contribution is -0.139. The molecule has 0 fully saturated rings. The normalized spacial score (nSPS) is 11.5. The van der Waals surface area contributed by atoms with Crippen LogP contribution in [0.5, 0.6) is 5.75 Å². The summed E-state index contributed by atoms with van der Waals surface area (Å²) < 4.78 is 45.7. The van der Waals surface area contributed by atoms with E-state index >= 15 is 0 Å². The predicted octanol–water partition coefficient (Wildman–Crippen LogP) is 3.64. The van der Waals surface area contributed by atoms with Crippen LogP contribution in [0.2, 0.25) is 0 Å². The van der Waals surface area contributed by atoms with Gasteiger partial charge in [-0.2, -0.15) is 13.2 Å². The maximum atomic E-state index is 12.9. The smallest absolute Gasteiger partial charge is 0.419 e. The number of hydrogen-bond acceptors (Lipinski definition) is 3. The van der Waals surface area contributed by atoms with Crippen molar-refractivity contribution in [2.45, 2.75) is 19.1 Å². The summed E-state index contributed by atoms with van der Waals surface area (Å²) >= 11 is 0. The van der Waals surface area contributed by atoms with Gasteiger partial charge in [-0.3, -0.25) is 4.79 Å². The van der Waals surface area contributed by atoms with Gasteiger partial charge in [0.05, 0.1) is 22.9 Å². The quantitative estimate of drug-likeness (QED) is 0.640. The summed E-state index contributed by atoms with van der Waals surface area (Å²) in [6.45, 7) is 0.579. The number of ether oxygens (including phenoxy) is 1. The number of hydrogen-bond donors (Lipinski definition) is 1. The van der Waals surface area contributed by atoms with E-state index in [1.165, 1.54) is 18.2 Å². The van der Waals surface area contributed by atoms with Crippen molar-refractivity contribution in [1.82, 2.24) is 14.9 Å². The van der Waals surface area contributed by atoms with Crippen molar-refractivity contribution in [2.75, 3.05) is 13.2 Å². The van der Waals surface area contributed by atoms with Crippen LogP contribution in [0.15, 0.2) is 54.9 Å². The third kappa shape index (κ3) is 4.78. The molecule has 5 nitrogen and oxygen atoms in total. The molecule has 0 saturated heterocycles. The number of imidazole rings is 1. The Morgan fingerprint density at radius 3 is 2.67 bits per heavy atom. The highest BCUT2D eigenvalue weighted by Crippen LogP contribution is 2.35. The van der Waals surface area contributed by atoms with Gasteiger partial charge in [-0.15, -0.1) is 0 Å². The lowest BCUT2D eigenvalue weighted by Gasteiger charge is -2.13. The summed E-state index contributed by atoms with van der Waals surface area (Å²) in [4.78, 5) is 16.1. The van der Waals surface area contributed by atoms with Crippen LogP contribution in [-0.2, 0) is 17.5 Å². The van der Waals surface area contributed by atoms with Gasteiger partial charge in [0, 0.05) is 13.1 Å². The maximum absolute atomic E-state index is 12.9. The first-order valence-electron chi connectivity index (χ1n) is 8.41. The molecule has 2 aromatic carbocycles. The van der Waals surface area contributed by atoms with Crippen LogP contribution >= 0.6 is 0 Å². The number of nitrogens with zero attached hydrogens (tertiary/aromatic N) is 2. The van der Waals surface area contributed by atoms with Crippen LogP contribution in [0.3, 0.4) is 0 Å². The Morgan fingerprint density at radius 2 is 1.85 bits per heavy atom. The van der Waals surface area contributed by atoms with Gasteiger partial charge in [0.25, 0.3) is 5.91 Å². The molecule has 1 N–H and O–H groups in total. The van der Waals surface area contributed by atoms with Crippen LogP contribution in [0.4, 0.5) is 13.2 Å². The minimum absolute atomic E-state index is 0.356. The first-order valence-corrected chi connectivity index (χ1v) is 8.41. The van der Waals surface area contributed by atoms with Gasteiger partial charge < -0.3 is 14.6 Å². The van der Waals surface area contributed by atoms with Crippen molar-refractivity contribution in [3.8, 4) is 5.75 Å². The van der Waals surface area contributed by atoms with E-state index in [9.17, 15) is 18.0 Å². The third-order valence-corrected chi connectivity index (χ3v) is 3.98. The Hall–Kier alpha value is -3.03. The number of nitrogens with one attached hydrogen (secondary N) is 1. The van der Waals surface area contributed by atoms with Crippen molar-refractivity contribution in [3.63, 3.8) is 0 Å². The maximum Gasteiger partial charge on any atom is 0.419 e. The van der Waals surface area contributed by atoms with E-state index in [0.29, 0.717) is 19.5 Å². The lowest BCUT2D eigenvalue weighted by atomic mass is 10.2. The highest BCUT2D eigenvalue weighted by Gasteiger charge is 2.34. The molecule has 0 aliphatic carbocycles. The standard InChI is InChI=1S/C19H18F3N3O2/c20-19(21,22)14-6-1-4-9-17(14)27-12-18(26)23-10-5-11-25-13-24-15-7-2-3-8-16(15)25/h1-4,6-9,13H,5,10-12H2,(H,23,26). The first kappa shape index (κ1) is 18.8. The fourth-order valence-electron chi connectivity index (χ4n) is 2.69. The molecule has 0 aliphatic heterocycles. The lowest BCUT2D eigenvalue weighted by Crippen LogP contribution is -2.30. The number of aromatic nitrogens is 2. The van der Waals surface area contributed by atoms with Crippen LogP contribution in [0, 0.1) is 0 Å². The molecule has 0 radical (unpaired) electrons. The van der Waals surface area contributed by atoms with Gasteiger partial charge in [-0.25, -0.2) is 4.98 Å². The van der Waals surface area contributed by atoms with E-state index in [0.717, 1.165) is 17.1 Å². The first-order chi connectivity index (χ1) is 12.9. The number of fused-ring (bicyclic) bond motifs is 1. The molecule has 0 unspecified atom stereocenters. The second-order valence-corrected chi connectivity index (χ2v) is 5.91. The van der Waals surface area contributed by atoms with Gasteiger partial charge in [0.1, 0.15) is 5.75 Å². The predicted molar refractivity (Wildman–Crippen MR) is 94.3 cm³/mol. The molecule has 27 heavy (non-hydrogen) atoms. The Bertz CT molecular complexity index is 922. The number of para-hydroxylation sites is 3. The highest BCUT2D eigenvalue weighted by atomic mass is 19.4. The molecule has 1 amide bonds. The van der Waals surface area contributed by atoms with Gasteiger partial charge >= 0.3 is 6.18 Å². The van der Waals surface area contributed by atoms with Crippen LogP contribution < -0.4 is 10.1 Å². The molecular weight excluding hydrogens is 359 g/mol. The minimum atomic E-state index is -4.53. The Balaban J connectivity index is 1.44. The SMILES string of the molecule is O=C(COc1ccccc1C(F)(F)F)NCCCn1cnc2ccccc21. The van der Waals surface area contributed by atoms with E-state index in [2.05, 4.69) is 10.3 Å². The van der Waals surface area contributed by atoms with E-state index in [-0.39, 0.29) is 5.75 Å². The average Bonchev–Trinajstić information content (AvgIpc) is 3.06. The second kappa shape index (κ2) is 8.11. The summed E-state index contributed by atoms with van der Waals surface area (Å²) in [5.41, 5.74) is 1.01. The number of alkyl halides is 3. The monoisotopic (exact) mass is 377 g/mol. The number of rotatable bonds is 7. The largest absolute Gasteiger partial charge is 0.483 e. The van der Waals surface area contributed by atoms with Crippen LogP contribution in [0.25, 0.3) is 11.0 Å². The molecule has 8 heteroatoms. The number of halogens is 3. The Labute approximate surface area is 153 Å². The average molecular weight is 377 g/mol. The molecular formula is C19H18F3N3O2. The zero-order chi connectivity index (χ0) is 19.3. The zero-order valence-corrected chi connectivity index (χ0v) is 14.4. The van der Waals surface area contributed by atoms with Gasteiger partial charge in [-0.1, -0.05) is 24.3 Å². The summed E-state index contributed by atoms with van der Waals surface area (Å²) in [6, 6.07) is 12.5. The number of benzene rings is 2. The number of aryl methyl sites for hydroxylation is 1. The van der Waals surface area contributed by atoms with Crippen molar-refractivity contribution in [1.29, 1.82) is 0 Å². The number of amides is 1. The molecule has 0 spiro atoms. The van der Waals surface area contributed by atoms with E-state index in [4.69, 9.17) is 4.74 Å². The molecule has 142 valence electrons. The third-order valence-electron chi connectivity index (χ3n) is 3.98. The van der Waals surface area contributed by atoms with Gasteiger partial charge in [-0.05, 0) is 30.7 Å². The highest BCUT2D eigenvalue weighted by molar-refractivity contribution is 5.77. The second-order valence-electron chi connectivity index (χ2n) is 5.91. The summed E-state index contributed by atoms with van der Waals surface area (Å²) in [5.74, 6) is -0.826. The molecule has 0 bridgehead atoms. The van der Waals surface area contributed by atoms with Crippen molar-refractivity contribution < 1.29 is 22.7 Å². The summed E-state index contributed by atoms with van der Waals surface area (Å²) in [6.07, 6.45) is -2.13. The number of carbonyl (C=O) groups is 1. The molecule has 1 aromatic heterocycles. The van der Waals surface area contributed by atoms with Gasteiger partial charge in [0.2, 0.25) is 0 Å². The Morgan fingerprint density at radius 1 is 1.11 bits per heavy atom. The van der Waals surface area contributed by atoms with Gasteiger partial charge in [0.15, 0.2) is 6.61 Å². The Kier molecular flexibility index (Phi) is 5.63. The van der Waals surface area contributed by atoms with E-state index in [1.807, 2.05) is 28.8 Å². The molecule has 0 saturated carbocycles. The molecule has 0 atom stereocenters.